The van der Waals surface area contributed by atoms with Crippen molar-refractivity contribution in [2.45, 2.75) is 25.1 Å². The van der Waals surface area contributed by atoms with Gasteiger partial charge in [0, 0.05) is 0 Å². The zero-order valence-electron chi connectivity index (χ0n) is 4.81. The van der Waals surface area contributed by atoms with Crippen LogP contribution in [0.3, 0.4) is 0 Å². The van der Waals surface area contributed by atoms with Crippen molar-refractivity contribution in [2.24, 2.45) is 0 Å². The van der Waals surface area contributed by atoms with E-state index in [0.717, 1.165) is 15.0 Å². The van der Waals surface area contributed by atoms with E-state index in [2.05, 4.69) is 13.5 Å². The van der Waals surface area contributed by atoms with Crippen LogP contribution in [0.4, 0.5) is 0 Å². The van der Waals surface area contributed by atoms with Gasteiger partial charge < -0.3 is 0 Å². The summed E-state index contributed by atoms with van der Waals surface area (Å²) in [4.78, 5) is 2.04. The Hall–Kier alpha value is 0.259. The van der Waals surface area contributed by atoms with Crippen molar-refractivity contribution >= 4 is 15.0 Å². The maximum absolute atomic E-state index is 3.66. The molecule has 7 heavy (non-hydrogen) atoms. The third-order valence-electron chi connectivity index (χ3n) is 0.734. The molecule has 0 aromatic carbocycles. The molecule has 0 fully saturated rings. The van der Waals surface area contributed by atoms with E-state index < -0.39 is 0 Å². The van der Waals surface area contributed by atoms with Crippen molar-refractivity contribution in [3.8, 4) is 0 Å². The fourth-order valence-corrected chi connectivity index (χ4v) is 1.62. The Morgan fingerprint density at radius 2 is 2.43 bits per heavy atom. The van der Waals surface area contributed by atoms with Gasteiger partial charge in [0.2, 0.25) is 0 Å². The first-order chi connectivity index (χ1) is 3.41. The molecule has 0 nitrogen and oxygen atoms in total. The molecule has 0 aromatic heterocycles. The van der Waals surface area contributed by atoms with Crippen LogP contribution in [0.1, 0.15) is 19.8 Å². The SMILES string of the molecule is C=C[Se]CCCC. The molecular formula is C6H12Se. The molecule has 0 N–H and O–H groups in total. The third kappa shape index (κ3) is 6.26. The molecule has 0 aliphatic rings. The van der Waals surface area contributed by atoms with Crippen LogP contribution in [-0.2, 0) is 0 Å². The first-order valence-corrected chi connectivity index (χ1v) is 4.84. The van der Waals surface area contributed by atoms with Crippen LogP contribution < -0.4 is 0 Å². The molecule has 1 heteroatoms. The third-order valence-corrected chi connectivity index (χ3v) is 2.33. The summed E-state index contributed by atoms with van der Waals surface area (Å²) in [5.41, 5.74) is 0. The molecule has 0 aliphatic heterocycles. The monoisotopic (exact) mass is 164 g/mol. The van der Waals surface area contributed by atoms with Gasteiger partial charge in [-0.15, -0.1) is 0 Å². The predicted octanol–water partition coefficient (Wildman–Crippen LogP) is 2.05. The van der Waals surface area contributed by atoms with Gasteiger partial charge in [-0.05, 0) is 0 Å². The van der Waals surface area contributed by atoms with Gasteiger partial charge in [-0.2, -0.15) is 0 Å². The van der Waals surface area contributed by atoms with Crippen LogP contribution in [0.2, 0.25) is 5.32 Å². The summed E-state index contributed by atoms with van der Waals surface area (Å²) in [5.74, 6) is 0. The van der Waals surface area contributed by atoms with E-state index in [-0.39, 0.29) is 0 Å². The normalized spacial score (nSPS) is 8.71. The first kappa shape index (κ1) is 7.26. The molecule has 0 unspecified atom stereocenters. The maximum atomic E-state index is 3.66. The minimum absolute atomic E-state index is 0.732. The molecule has 0 saturated heterocycles. The summed E-state index contributed by atoms with van der Waals surface area (Å²) in [6.45, 7) is 5.88. The molecule has 0 aromatic rings. The molecule has 0 rings (SSSR count). The van der Waals surface area contributed by atoms with Crippen molar-refractivity contribution in [2.75, 3.05) is 0 Å². The van der Waals surface area contributed by atoms with Gasteiger partial charge in [0.25, 0.3) is 0 Å². The molecule has 0 amide bonds. The quantitative estimate of drug-likeness (QED) is 0.439. The van der Waals surface area contributed by atoms with Gasteiger partial charge in [-0.3, -0.25) is 0 Å². The molecule has 0 bridgehead atoms. The van der Waals surface area contributed by atoms with E-state index in [0.29, 0.717) is 0 Å². The average molecular weight is 163 g/mol. The summed E-state index contributed by atoms with van der Waals surface area (Å²) in [6.07, 6.45) is 2.71. The Morgan fingerprint density at radius 3 is 2.86 bits per heavy atom. The van der Waals surface area contributed by atoms with Crippen LogP contribution in [0, 0.1) is 0 Å². The fourth-order valence-electron chi connectivity index (χ4n) is 0.311. The summed E-state index contributed by atoms with van der Waals surface area (Å²) < 4.78 is 0. The van der Waals surface area contributed by atoms with E-state index in [1.54, 1.807) is 0 Å². The number of rotatable bonds is 4. The van der Waals surface area contributed by atoms with Crippen LogP contribution in [-0.4, -0.2) is 15.0 Å². The van der Waals surface area contributed by atoms with E-state index in [9.17, 15) is 0 Å². The molecule has 0 spiro atoms. The van der Waals surface area contributed by atoms with E-state index in [1.165, 1.54) is 18.2 Å². The van der Waals surface area contributed by atoms with Crippen LogP contribution in [0.15, 0.2) is 11.6 Å². The zero-order valence-corrected chi connectivity index (χ0v) is 6.53. The molecule has 0 saturated carbocycles. The number of hydrogen-bond donors (Lipinski definition) is 0. The van der Waals surface area contributed by atoms with E-state index >= 15 is 0 Å². The van der Waals surface area contributed by atoms with Crippen molar-refractivity contribution in [1.29, 1.82) is 0 Å². The summed E-state index contributed by atoms with van der Waals surface area (Å²) in [5, 5.41) is 1.38. The van der Waals surface area contributed by atoms with Gasteiger partial charge in [-0.1, -0.05) is 0 Å². The first-order valence-electron chi connectivity index (χ1n) is 2.64. The summed E-state index contributed by atoms with van der Waals surface area (Å²) in [7, 11) is 0. The Labute approximate surface area is 52.2 Å². The van der Waals surface area contributed by atoms with Crippen molar-refractivity contribution < 1.29 is 0 Å². The molecule has 0 atom stereocenters. The number of unbranched alkanes of at least 4 members (excludes halogenated alkanes) is 1. The van der Waals surface area contributed by atoms with Gasteiger partial charge in [0.15, 0.2) is 0 Å². The van der Waals surface area contributed by atoms with Crippen LogP contribution >= 0.6 is 0 Å². The van der Waals surface area contributed by atoms with Crippen molar-refractivity contribution in [1.82, 2.24) is 0 Å². The topological polar surface area (TPSA) is 0 Å². The molecule has 0 radical (unpaired) electrons. The Morgan fingerprint density at radius 1 is 1.71 bits per heavy atom. The molecule has 0 heterocycles. The van der Waals surface area contributed by atoms with Gasteiger partial charge in [0.1, 0.15) is 0 Å². The van der Waals surface area contributed by atoms with Gasteiger partial charge in [-0.25, -0.2) is 0 Å². The van der Waals surface area contributed by atoms with Crippen molar-refractivity contribution in [3.63, 3.8) is 0 Å². The second kappa shape index (κ2) is 6.26. The Bertz CT molecular complexity index is 41.4. The fraction of sp³-hybridized carbons (Fsp3) is 0.667. The van der Waals surface area contributed by atoms with Gasteiger partial charge >= 0.3 is 51.6 Å². The second-order valence-electron chi connectivity index (χ2n) is 1.39. The number of hydrogen-bond acceptors (Lipinski definition) is 0. The summed E-state index contributed by atoms with van der Waals surface area (Å²) >= 11 is 0.732. The second-order valence-corrected chi connectivity index (χ2v) is 3.65. The molecule has 0 aliphatic carbocycles. The van der Waals surface area contributed by atoms with Crippen LogP contribution in [0.5, 0.6) is 0 Å². The van der Waals surface area contributed by atoms with Gasteiger partial charge in [0.05, 0.1) is 0 Å². The van der Waals surface area contributed by atoms with Crippen LogP contribution in [0.25, 0.3) is 0 Å². The zero-order chi connectivity index (χ0) is 5.54. The molecule has 42 valence electrons. The summed E-state index contributed by atoms with van der Waals surface area (Å²) in [6, 6.07) is 0. The van der Waals surface area contributed by atoms with Crippen molar-refractivity contribution in [3.05, 3.63) is 11.6 Å². The Kier molecular flexibility index (Phi) is 6.49. The molecular weight excluding hydrogens is 151 g/mol. The standard InChI is InChI=1S/C6H12Se/c1-3-5-6-7-4-2/h4H,2-3,5-6H2,1H3. The predicted molar refractivity (Wildman–Crippen MR) is 35.7 cm³/mol. The Balaban J connectivity index is 2.56. The average Bonchev–Trinajstić information content (AvgIpc) is 1.69. The van der Waals surface area contributed by atoms with E-state index in [1.807, 2.05) is 4.97 Å². The minimum atomic E-state index is 0.732. The van der Waals surface area contributed by atoms with E-state index in [4.69, 9.17) is 0 Å².